The predicted octanol–water partition coefficient (Wildman–Crippen LogP) is 1.23. The molecule has 1 radical (unpaired) electrons. The molecule has 2 N–H and O–H groups in total. The Morgan fingerprint density at radius 3 is 2.65 bits per heavy atom. The first-order chi connectivity index (χ1) is 9.25. The van der Waals surface area contributed by atoms with Crippen LogP contribution in [0.5, 0.6) is 0 Å². The van der Waals surface area contributed by atoms with Crippen LogP contribution < -0.4 is 0 Å². The number of ether oxygens (including phenoxy) is 2. The minimum atomic E-state index is -1.48. The lowest BCUT2D eigenvalue weighted by atomic mass is 9.58. The third-order valence-electron chi connectivity index (χ3n) is 5.48. The van der Waals surface area contributed by atoms with Crippen molar-refractivity contribution in [3.8, 4) is 0 Å². The second kappa shape index (κ2) is 4.42. The maximum absolute atomic E-state index is 12.0. The van der Waals surface area contributed by atoms with Gasteiger partial charge >= 0.3 is 5.97 Å². The Morgan fingerprint density at radius 2 is 1.95 bits per heavy atom. The highest BCUT2D eigenvalue weighted by Crippen LogP contribution is 2.54. The second-order valence-electron chi connectivity index (χ2n) is 6.82. The molecule has 3 rings (SSSR count). The molecular formula is C15H23O5. The fraction of sp³-hybridized carbons (Fsp3) is 0.867. The SMILES string of the molecule is CC1CCC2[C@@H](C)C(=O)OC3O[C@](C)(O)[CH]CC1C32O. The van der Waals surface area contributed by atoms with E-state index in [1.807, 2.05) is 0 Å². The van der Waals surface area contributed by atoms with E-state index < -0.39 is 17.7 Å². The molecule has 5 heteroatoms. The summed E-state index contributed by atoms with van der Waals surface area (Å²) in [4.78, 5) is 12.0. The van der Waals surface area contributed by atoms with Gasteiger partial charge in [-0.3, -0.25) is 4.79 Å². The largest absolute Gasteiger partial charge is 0.432 e. The first-order valence-electron chi connectivity index (χ1n) is 7.43. The third-order valence-corrected chi connectivity index (χ3v) is 5.48. The van der Waals surface area contributed by atoms with E-state index in [0.29, 0.717) is 12.3 Å². The van der Waals surface area contributed by atoms with E-state index in [2.05, 4.69) is 6.92 Å². The van der Waals surface area contributed by atoms with Crippen LogP contribution in [-0.2, 0) is 14.3 Å². The van der Waals surface area contributed by atoms with Gasteiger partial charge in [0.05, 0.1) is 5.92 Å². The molecule has 0 amide bonds. The first kappa shape index (κ1) is 14.3. The maximum atomic E-state index is 12.0. The summed E-state index contributed by atoms with van der Waals surface area (Å²) in [5.41, 5.74) is -1.21. The highest BCUT2D eigenvalue weighted by molar-refractivity contribution is 5.74. The molecule has 3 aliphatic rings. The standard InChI is InChI=1S/C15H23O5/c1-8-4-5-11-9(2)12(16)19-13-15(11,18)10(8)6-7-14(3,17)20-13/h7-11,13,17-18H,4-6H2,1-3H3/t8?,9-,10?,11?,13?,14+,15?/m1/s1. The second-order valence-corrected chi connectivity index (χ2v) is 6.82. The lowest BCUT2D eigenvalue weighted by Gasteiger charge is -2.54. The Balaban J connectivity index is 2.05. The molecule has 2 saturated heterocycles. The number of hydrogen-bond acceptors (Lipinski definition) is 5. The van der Waals surface area contributed by atoms with Crippen molar-refractivity contribution >= 4 is 5.97 Å². The molecule has 1 saturated carbocycles. The zero-order valence-corrected chi connectivity index (χ0v) is 12.2. The van der Waals surface area contributed by atoms with E-state index in [-0.39, 0.29) is 23.7 Å². The van der Waals surface area contributed by atoms with Crippen LogP contribution in [0.1, 0.15) is 40.0 Å². The molecule has 0 spiro atoms. The van der Waals surface area contributed by atoms with E-state index in [1.165, 1.54) is 6.92 Å². The van der Waals surface area contributed by atoms with E-state index in [0.717, 1.165) is 12.8 Å². The van der Waals surface area contributed by atoms with Gasteiger partial charge in [0.1, 0.15) is 5.60 Å². The van der Waals surface area contributed by atoms with Gasteiger partial charge in [0.15, 0.2) is 5.79 Å². The summed E-state index contributed by atoms with van der Waals surface area (Å²) < 4.78 is 10.8. The molecule has 20 heavy (non-hydrogen) atoms. The van der Waals surface area contributed by atoms with Crippen LogP contribution >= 0.6 is 0 Å². The van der Waals surface area contributed by atoms with E-state index in [4.69, 9.17) is 9.47 Å². The van der Waals surface area contributed by atoms with Crippen LogP contribution in [0.15, 0.2) is 0 Å². The Labute approximate surface area is 119 Å². The fourth-order valence-electron chi connectivity index (χ4n) is 4.23. The van der Waals surface area contributed by atoms with Crippen molar-refractivity contribution in [1.82, 2.24) is 0 Å². The van der Waals surface area contributed by atoms with Crippen molar-refractivity contribution < 1.29 is 24.5 Å². The summed E-state index contributed by atoms with van der Waals surface area (Å²) in [5.74, 6) is -2.10. The molecule has 0 aromatic carbocycles. The van der Waals surface area contributed by atoms with Crippen LogP contribution in [0.4, 0.5) is 0 Å². The molecule has 5 unspecified atom stereocenters. The zero-order chi connectivity index (χ0) is 14.7. The highest BCUT2D eigenvalue weighted by Gasteiger charge is 2.64. The van der Waals surface area contributed by atoms with Gasteiger partial charge in [0.2, 0.25) is 6.29 Å². The molecule has 0 aromatic heterocycles. The van der Waals surface area contributed by atoms with Crippen molar-refractivity contribution in [1.29, 1.82) is 0 Å². The molecule has 1 aliphatic carbocycles. The number of rotatable bonds is 0. The molecule has 5 nitrogen and oxygen atoms in total. The molecule has 2 heterocycles. The fourth-order valence-corrected chi connectivity index (χ4v) is 4.23. The molecule has 3 fully saturated rings. The summed E-state index contributed by atoms with van der Waals surface area (Å²) in [7, 11) is 0. The number of carbonyl (C=O) groups excluding carboxylic acids is 1. The zero-order valence-electron chi connectivity index (χ0n) is 12.2. The Bertz CT molecular complexity index is 420. The molecule has 0 bridgehead atoms. The molecule has 7 atom stereocenters. The van der Waals surface area contributed by atoms with Crippen LogP contribution in [0.2, 0.25) is 0 Å². The molecular weight excluding hydrogens is 260 g/mol. The number of carbonyl (C=O) groups is 1. The van der Waals surface area contributed by atoms with Gasteiger partial charge in [-0.15, -0.1) is 0 Å². The maximum Gasteiger partial charge on any atom is 0.311 e. The minimum absolute atomic E-state index is 0.0595. The van der Waals surface area contributed by atoms with E-state index in [1.54, 1.807) is 13.3 Å². The predicted molar refractivity (Wildman–Crippen MR) is 70.0 cm³/mol. The quantitative estimate of drug-likeness (QED) is 0.654. The van der Waals surface area contributed by atoms with Crippen LogP contribution in [0.25, 0.3) is 0 Å². The van der Waals surface area contributed by atoms with Gasteiger partial charge in [0, 0.05) is 12.3 Å². The lowest BCUT2D eigenvalue weighted by molar-refractivity contribution is -0.341. The first-order valence-corrected chi connectivity index (χ1v) is 7.43. The summed E-state index contributed by atoms with van der Waals surface area (Å²) in [6.07, 6.45) is 2.90. The molecule has 113 valence electrons. The smallest absolute Gasteiger partial charge is 0.311 e. The average molecular weight is 283 g/mol. The van der Waals surface area contributed by atoms with Gasteiger partial charge in [-0.1, -0.05) is 13.8 Å². The third kappa shape index (κ3) is 1.90. The van der Waals surface area contributed by atoms with Crippen molar-refractivity contribution in [2.45, 2.75) is 57.7 Å². The normalized spacial score (nSPS) is 55.6. The highest BCUT2D eigenvalue weighted by atomic mass is 16.8. The molecule has 0 aromatic rings. The Morgan fingerprint density at radius 1 is 1.25 bits per heavy atom. The van der Waals surface area contributed by atoms with Crippen molar-refractivity contribution in [3.63, 3.8) is 0 Å². The minimum Gasteiger partial charge on any atom is -0.432 e. The number of esters is 1. The number of aliphatic hydroxyl groups is 2. The number of hydrogen-bond donors (Lipinski definition) is 2. The lowest BCUT2D eigenvalue weighted by Crippen LogP contribution is -2.65. The summed E-state index contributed by atoms with van der Waals surface area (Å²) in [6, 6.07) is 0. The Kier molecular flexibility index (Phi) is 3.16. The van der Waals surface area contributed by atoms with Crippen LogP contribution in [0.3, 0.4) is 0 Å². The van der Waals surface area contributed by atoms with Crippen molar-refractivity contribution in [2.75, 3.05) is 0 Å². The van der Waals surface area contributed by atoms with Gasteiger partial charge in [0.25, 0.3) is 0 Å². The van der Waals surface area contributed by atoms with Gasteiger partial charge < -0.3 is 19.7 Å². The molecule has 2 aliphatic heterocycles. The van der Waals surface area contributed by atoms with Crippen LogP contribution in [0, 0.1) is 30.1 Å². The van der Waals surface area contributed by atoms with Gasteiger partial charge in [-0.25, -0.2) is 0 Å². The summed E-state index contributed by atoms with van der Waals surface area (Å²) >= 11 is 0. The average Bonchev–Trinajstić information content (AvgIpc) is 2.44. The monoisotopic (exact) mass is 283 g/mol. The van der Waals surface area contributed by atoms with Gasteiger partial charge in [-0.05, 0) is 38.0 Å². The van der Waals surface area contributed by atoms with Gasteiger partial charge in [-0.2, -0.15) is 0 Å². The van der Waals surface area contributed by atoms with E-state index >= 15 is 0 Å². The van der Waals surface area contributed by atoms with E-state index in [9.17, 15) is 15.0 Å². The summed E-state index contributed by atoms with van der Waals surface area (Å²) in [5, 5.41) is 21.5. The van der Waals surface area contributed by atoms with Crippen molar-refractivity contribution in [3.05, 3.63) is 6.42 Å². The Hall–Kier alpha value is -0.650. The summed E-state index contributed by atoms with van der Waals surface area (Å²) in [6.45, 7) is 5.42. The van der Waals surface area contributed by atoms with Crippen molar-refractivity contribution in [2.24, 2.45) is 23.7 Å². The van der Waals surface area contributed by atoms with Crippen LogP contribution in [-0.4, -0.2) is 33.9 Å². The topological polar surface area (TPSA) is 76.0 Å².